The number of benzene rings is 2. The van der Waals surface area contributed by atoms with Gasteiger partial charge in [-0.05, 0) is 76.0 Å². The highest BCUT2D eigenvalue weighted by atomic mass is 16.5. The van der Waals surface area contributed by atoms with Gasteiger partial charge in [-0.15, -0.1) is 0 Å². The fraction of sp³-hybridized carbons (Fsp3) is 0.462. The number of hydrogen-bond donors (Lipinski definition) is 0. The molecule has 6 nitrogen and oxygen atoms in total. The van der Waals surface area contributed by atoms with Gasteiger partial charge in [0.05, 0.1) is 18.1 Å². The monoisotopic (exact) mass is 435 g/mol. The van der Waals surface area contributed by atoms with Crippen LogP contribution in [0.1, 0.15) is 49.1 Å². The lowest BCUT2D eigenvalue weighted by Gasteiger charge is -2.31. The second-order valence-electron chi connectivity index (χ2n) is 8.43. The van der Waals surface area contributed by atoms with Crippen LogP contribution < -0.4 is 4.74 Å². The summed E-state index contributed by atoms with van der Waals surface area (Å²) in [5.41, 5.74) is 3.11. The molecule has 2 aromatic carbocycles. The van der Waals surface area contributed by atoms with E-state index in [1.54, 1.807) is 7.11 Å². The molecule has 1 fully saturated rings. The van der Waals surface area contributed by atoms with Gasteiger partial charge in [0.25, 0.3) is 0 Å². The summed E-state index contributed by atoms with van der Waals surface area (Å²) in [4.78, 5) is 20.6. The van der Waals surface area contributed by atoms with Gasteiger partial charge in [-0.25, -0.2) is 4.98 Å². The largest absolute Gasteiger partial charge is 0.497 e. The van der Waals surface area contributed by atoms with Gasteiger partial charge in [0, 0.05) is 19.1 Å². The molecule has 1 aliphatic rings. The normalized spacial score (nSPS) is 16.3. The number of ether oxygens (including phenoxy) is 2. The van der Waals surface area contributed by atoms with E-state index in [2.05, 4.69) is 17.0 Å². The Morgan fingerprint density at radius 1 is 1.12 bits per heavy atom. The van der Waals surface area contributed by atoms with E-state index < -0.39 is 0 Å². The molecular formula is C26H33N3O3. The van der Waals surface area contributed by atoms with Crippen LogP contribution in [0.3, 0.4) is 0 Å². The molecule has 4 rings (SSSR count). The minimum Gasteiger partial charge on any atom is -0.497 e. The van der Waals surface area contributed by atoms with Crippen molar-refractivity contribution in [2.75, 3.05) is 33.4 Å². The minimum absolute atomic E-state index is 0.0108. The van der Waals surface area contributed by atoms with Crippen LogP contribution in [0.25, 0.3) is 11.0 Å². The number of fused-ring (bicyclic) bond motifs is 1. The molecule has 32 heavy (non-hydrogen) atoms. The molecule has 2 heterocycles. The quantitative estimate of drug-likeness (QED) is 0.455. The zero-order valence-corrected chi connectivity index (χ0v) is 19.3. The number of carbonyl (C=O) groups is 1. The number of ketones is 1. The Balaban J connectivity index is 1.40. The maximum atomic E-state index is 13.5. The number of piperidine rings is 1. The van der Waals surface area contributed by atoms with E-state index in [4.69, 9.17) is 14.5 Å². The van der Waals surface area contributed by atoms with Crippen LogP contribution in [0.5, 0.6) is 5.75 Å². The summed E-state index contributed by atoms with van der Waals surface area (Å²) >= 11 is 0. The van der Waals surface area contributed by atoms with Crippen molar-refractivity contribution >= 4 is 16.8 Å². The maximum Gasteiger partial charge on any atom is 0.201 e. The third-order valence-electron chi connectivity index (χ3n) is 6.42. The number of Topliss-reactive ketones (excluding diaryl/α,β-unsaturated/α-hetero) is 1. The van der Waals surface area contributed by atoms with Gasteiger partial charge < -0.3 is 14.4 Å². The number of likely N-dealkylation sites (tertiary alicyclic amines) is 1. The fourth-order valence-corrected chi connectivity index (χ4v) is 4.58. The summed E-state index contributed by atoms with van der Waals surface area (Å²) in [5.74, 6) is 1.57. The zero-order chi connectivity index (χ0) is 22.5. The first-order valence-electron chi connectivity index (χ1n) is 11.6. The topological polar surface area (TPSA) is 56.6 Å². The standard InChI is InChI=1S/C26H33N3O3/c1-4-32-19(2)29-24-8-6-5-7-23(24)27-26(29)25(30)21-14-17-28(18-15-21)16-13-20-9-11-22(31-3)12-10-20/h5-12,19,21H,4,13-18H2,1-3H3. The highest BCUT2D eigenvalue weighted by molar-refractivity contribution is 5.98. The number of nitrogens with zero attached hydrogens (tertiary/aromatic N) is 3. The van der Waals surface area contributed by atoms with Crippen LogP contribution in [0.4, 0.5) is 0 Å². The smallest absolute Gasteiger partial charge is 0.201 e. The molecule has 170 valence electrons. The highest BCUT2D eigenvalue weighted by Gasteiger charge is 2.30. The van der Waals surface area contributed by atoms with Crippen molar-refractivity contribution in [3.05, 3.63) is 59.9 Å². The van der Waals surface area contributed by atoms with Gasteiger partial charge in [0.2, 0.25) is 5.78 Å². The molecule has 0 aliphatic carbocycles. The number of rotatable bonds is 9. The summed E-state index contributed by atoms with van der Waals surface area (Å²) in [6.07, 6.45) is 2.52. The molecule has 0 amide bonds. The molecule has 1 atom stereocenters. The lowest BCUT2D eigenvalue weighted by molar-refractivity contribution is 0.0248. The predicted molar refractivity (Wildman–Crippen MR) is 126 cm³/mol. The molecule has 6 heteroatoms. The summed E-state index contributed by atoms with van der Waals surface area (Å²) in [6.45, 7) is 7.43. The van der Waals surface area contributed by atoms with Crippen LogP contribution in [-0.4, -0.2) is 53.6 Å². The highest BCUT2D eigenvalue weighted by Crippen LogP contribution is 2.27. The molecule has 1 unspecified atom stereocenters. The Bertz CT molecular complexity index is 1040. The molecular weight excluding hydrogens is 402 g/mol. The van der Waals surface area contributed by atoms with Gasteiger partial charge in [0.15, 0.2) is 5.82 Å². The number of methoxy groups -OCH3 is 1. The van der Waals surface area contributed by atoms with Crippen molar-refractivity contribution in [3.8, 4) is 5.75 Å². The molecule has 1 aromatic heterocycles. The van der Waals surface area contributed by atoms with Gasteiger partial charge >= 0.3 is 0 Å². The molecule has 0 radical (unpaired) electrons. The van der Waals surface area contributed by atoms with Crippen molar-refractivity contribution in [1.29, 1.82) is 0 Å². The van der Waals surface area contributed by atoms with E-state index in [1.165, 1.54) is 5.56 Å². The predicted octanol–water partition coefficient (Wildman–Crippen LogP) is 4.74. The van der Waals surface area contributed by atoms with Crippen molar-refractivity contribution < 1.29 is 14.3 Å². The Kier molecular flexibility index (Phi) is 7.22. The van der Waals surface area contributed by atoms with Gasteiger partial charge in [-0.2, -0.15) is 0 Å². The molecule has 1 aliphatic heterocycles. The Hall–Kier alpha value is -2.70. The SMILES string of the molecule is CCOC(C)n1c(C(=O)C2CCN(CCc3ccc(OC)cc3)CC2)nc2ccccc21. The lowest BCUT2D eigenvalue weighted by Crippen LogP contribution is -2.38. The van der Waals surface area contributed by atoms with Crippen molar-refractivity contribution in [1.82, 2.24) is 14.5 Å². The summed E-state index contributed by atoms with van der Waals surface area (Å²) in [5, 5.41) is 0. The first kappa shape index (κ1) is 22.5. The first-order chi connectivity index (χ1) is 15.6. The number of aromatic nitrogens is 2. The number of carbonyl (C=O) groups excluding carboxylic acids is 1. The van der Waals surface area contributed by atoms with Crippen molar-refractivity contribution in [2.24, 2.45) is 5.92 Å². The number of hydrogen-bond acceptors (Lipinski definition) is 5. The third-order valence-corrected chi connectivity index (χ3v) is 6.42. The molecule has 0 saturated carbocycles. The van der Waals surface area contributed by atoms with Crippen LogP contribution >= 0.6 is 0 Å². The van der Waals surface area contributed by atoms with Crippen LogP contribution in [0, 0.1) is 5.92 Å². The van der Waals surface area contributed by atoms with Crippen molar-refractivity contribution in [2.45, 2.75) is 39.3 Å². The van der Waals surface area contributed by atoms with Crippen LogP contribution in [0.2, 0.25) is 0 Å². The molecule has 0 spiro atoms. The van der Waals surface area contributed by atoms with E-state index in [0.29, 0.717) is 12.4 Å². The first-order valence-corrected chi connectivity index (χ1v) is 11.6. The third kappa shape index (κ3) is 4.87. The second kappa shape index (κ2) is 10.3. The maximum absolute atomic E-state index is 13.5. The van der Waals surface area contributed by atoms with Crippen LogP contribution in [0.15, 0.2) is 48.5 Å². The molecule has 0 bridgehead atoms. The lowest BCUT2D eigenvalue weighted by atomic mass is 9.91. The van der Waals surface area contributed by atoms with E-state index in [9.17, 15) is 4.79 Å². The summed E-state index contributed by atoms with van der Waals surface area (Å²) in [7, 11) is 1.69. The van der Waals surface area contributed by atoms with Gasteiger partial charge in [0.1, 0.15) is 12.0 Å². The van der Waals surface area contributed by atoms with E-state index in [1.807, 2.05) is 54.8 Å². The second-order valence-corrected chi connectivity index (χ2v) is 8.43. The molecule has 3 aromatic rings. The zero-order valence-electron chi connectivity index (χ0n) is 19.3. The van der Waals surface area contributed by atoms with Crippen LogP contribution in [-0.2, 0) is 11.2 Å². The Morgan fingerprint density at radius 2 is 1.84 bits per heavy atom. The Labute approximate surface area is 190 Å². The molecule has 1 saturated heterocycles. The summed E-state index contributed by atoms with van der Waals surface area (Å²) in [6, 6.07) is 16.2. The average Bonchev–Trinajstić information content (AvgIpc) is 3.23. The Morgan fingerprint density at radius 3 is 2.53 bits per heavy atom. The minimum atomic E-state index is -0.226. The number of imidazole rings is 1. The summed E-state index contributed by atoms with van der Waals surface area (Å²) < 4.78 is 13.0. The van der Waals surface area contributed by atoms with Gasteiger partial charge in [-0.1, -0.05) is 24.3 Å². The van der Waals surface area contributed by atoms with Crippen molar-refractivity contribution in [3.63, 3.8) is 0 Å². The molecule has 0 N–H and O–H groups in total. The fourth-order valence-electron chi connectivity index (χ4n) is 4.58. The van der Waals surface area contributed by atoms with Gasteiger partial charge in [-0.3, -0.25) is 9.36 Å². The average molecular weight is 436 g/mol. The van der Waals surface area contributed by atoms with E-state index in [0.717, 1.165) is 55.7 Å². The van der Waals surface area contributed by atoms with E-state index in [-0.39, 0.29) is 17.9 Å². The number of para-hydroxylation sites is 2. The van der Waals surface area contributed by atoms with E-state index >= 15 is 0 Å².